The van der Waals surface area contributed by atoms with Gasteiger partial charge in [-0.3, -0.25) is 14.4 Å². The number of hydrazone groups is 1. The number of benzene rings is 4. The first-order valence-corrected chi connectivity index (χ1v) is 14.2. The number of nitrogens with zero attached hydrogens (tertiary/aromatic N) is 1. The summed E-state index contributed by atoms with van der Waals surface area (Å²) in [6, 6.07) is 27.1. The van der Waals surface area contributed by atoms with E-state index in [-0.39, 0.29) is 27.6 Å². The predicted molar refractivity (Wildman–Crippen MR) is 170 cm³/mol. The summed E-state index contributed by atoms with van der Waals surface area (Å²) < 4.78 is 11.8. The van der Waals surface area contributed by atoms with Gasteiger partial charge in [0.2, 0.25) is 0 Å². The second-order valence-corrected chi connectivity index (χ2v) is 10.5. The zero-order valence-electron chi connectivity index (χ0n) is 23.0. The molecule has 0 atom stereocenters. The quantitative estimate of drug-likeness (QED) is 0.0624. The molecule has 0 radical (unpaired) electrons. The first kappa shape index (κ1) is 30.0. The Morgan fingerprint density at radius 1 is 0.818 bits per heavy atom. The first-order valence-electron chi connectivity index (χ1n) is 13.0. The Balaban J connectivity index is 1.20. The van der Waals surface area contributed by atoms with Gasteiger partial charge in [-0.05, 0) is 54.1 Å². The molecule has 4 aromatic carbocycles. The highest BCUT2D eigenvalue weighted by Gasteiger charge is 2.21. The molecule has 0 saturated carbocycles. The Labute approximate surface area is 260 Å². The van der Waals surface area contributed by atoms with Crippen molar-refractivity contribution >= 4 is 74.3 Å². The number of methoxy groups -OCH3 is 1. The third-order valence-corrected chi connectivity index (χ3v) is 7.80. The highest BCUT2D eigenvalue weighted by atomic mass is 35.5. The minimum atomic E-state index is -1.06. The van der Waals surface area contributed by atoms with Crippen LogP contribution in [0.25, 0.3) is 10.1 Å². The molecule has 1 heterocycles. The fourth-order valence-electron chi connectivity index (χ4n) is 4.05. The number of rotatable bonds is 8. The van der Waals surface area contributed by atoms with Crippen LogP contribution in [0.5, 0.6) is 11.5 Å². The van der Waals surface area contributed by atoms with E-state index in [1.165, 1.54) is 48.9 Å². The van der Waals surface area contributed by atoms with Gasteiger partial charge in [-0.2, -0.15) is 5.10 Å². The number of carbonyl (C=O) groups is 4. The normalized spacial score (nSPS) is 10.8. The summed E-state index contributed by atoms with van der Waals surface area (Å²) in [5, 5.41) is 10.1. The number of ether oxygens (including phenoxy) is 2. The maximum atomic E-state index is 12.9. The van der Waals surface area contributed by atoms with Gasteiger partial charge < -0.3 is 20.1 Å². The number of nitrogens with one attached hydrogen (secondary N) is 3. The first-order chi connectivity index (χ1) is 21.3. The zero-order chi connectivity index (χ0) is 31.1. The molecule has 5 aromatic rings. The average Bonchev–Trinajstić information content (AvgIpc) is 3.38. The summed E-state index contributed by atoms with van der Waals surface area (Å²) in [7, 11) is 1.41. The van der Waals surface area contributed by atoms with E-state index < -0.39 is 23.7 Å². The predicted octanol–water partition coefficient (Wildman–Crippen LogP) is 6.12. The van der Waals surface area contributed by atoms with Gasteiger partial charge in [0.25, 0.3) is 5.91 Å². The zero-order valence-corrected chi connectivity index (χ0v) is 24.6. The minimum absolute atomic E-state index is 0.150. The fraction of sp³-hybridized carbons (Fsp3) is 0.0312. The molecule has 0 bridgehead atoms. The Hall–Kier alpha value is -5.52. The summed E-state index contributed by atoms with van der Waals surface area (Å²) in [4.78, 5) is 50.8. The lowest BCUT2D eigenvalue weighted by atomic mass is 10.1. The summed E-state index contributed by atoms with van der Waals surface area (Å²) in [5.74, 6) is -2.79. The Kier molecular flexibility index (Phi) is 9.28. The van der Waals surface area contributed by atoms with E-state index in [0.717, 1.165) is 10.1 Å². The molecule has 3 amide bonds. The minimum Gasteiger partial charge on any atom is -0.493 e. The summed E-state index contributed by atoms with van der Waals surface area (Å²) in [6.45, 7) is 0. The van der Waals surface area contributed by atoms with Crippen LogP contribution in [0.1, 0.15) is 25.6 Å². The van der Waals surface area contributed by atoms with Crippen LogP contribution < -0.4 is 25.5 Å². The number of hydrogen-bond acceptors (Lipinski definition) is 8. The molecule has 0 aliphatic carbocycles. The molecular weight excluding hydrogens is 604 g/mol. The molecule has 0 aliphatic rings. The monoisotopic (exact) mass is 626 g/mol. The lowest BCUT2D eigenvalue weighted by Gasteiger charge is -2.11. The van der Waals surface area contributed by atoms with E-state index >= 15 is 0 Å². The largest absolute Gasteiger partial charge is 0.493 e. The molecular formula is C32H23ClN4O6S. The SMILES string of the molecule is COc1cc(C=NNC(=O)C(=O)Nc2ccccc2C(=O)Nc2ccccc2)ccc1OC(=O)c1sc2ccccc2c1Cl. The van der Waals surface area contributed by atoms with Crippen LogP contribution in [0.2, 0.25) is 5.02 Å². The van der Waals surface area contributed by atoms with Crippen LogP contribution in [0.15, 0.2) is 102 Å². The highest BCUT2D eigenvalue weighted by molar-refractivity contribution is 7.21. The molecule has 3 N–H and O–H groups in total. The van der Waals surface area contributed by atoms with Crippen molar-refractivity contribution in [1.29, 1.82) is 0 Å². The van der Waals surface area contributed by atoms with Crippen molar-refractivity contribution in [3.05, 3.63) is 118 Å². The number of thiophene rings is 1. The van der Waals surface area contributed by atoms with E-state index in [9.17, 15) is 19.2 Å². The van der Waals surface area contributed by atoms with Crippen molar-refractivity contribution in [3.8, 4) is 11.5 Å². The van der Waals surface area contributed by atoms with Crippen LogP contribution in [-0.4, -0.2) is 37.0 Å². The molecule has 0 unspecified atom stereocenters. The molecule has 1 aromatic heterocycles. The Morgan fingerprint density at radius 3 is 2.32 bits per heavy atom. The Morgan fingerprint density at radius 2 is 1.55 bits per heavy atom. The van der Waals surface area contributed by atoms with Gasteiger partial charge >= 0.3 is 17.8 Å². The summed E-state index contributed by atoms with van der Waals surface area (Å²) >= 11 is 7.62. The highest BCUT2D eigenvalue weighted by Crippen LogP contribution is 2.37. The van der Waals surface area contributed by atoms with Crippen molar-refractivity contribution in [1.82, 2.24) is 5.43 Å². The fourth-order valence-corrected chi connectivity index (χ4v) is 5.43. The maximum Gasteiger partial charge on any atom is 0.355 e. The van der Waals surface area contributed by atoms with E-state index in [2.05, 4.69) is 21.2 Å². The third kappa shape index (κ3) is 6.92. The smallest absolute Gasteiger partial charge is 0.355 e. The van der Waals surface area contributed by atoms with Gasteiger partial charge in [0.15, 0.2) is 11.5 Å². The van der Waals surface area contributed by atoms with Crippen LogP contribution in [-0.2, 0) is 9.59 Å². The molecule has 12 heteroatoms. The van der Waals surface area contributed by atoms with Crippen molar-refractivity contribution in [3.63, 3.8) is 0 Å². The van der Waals surface area contributed by atoms with Crippen molar-refractivity contribution in [2.24, 2.45) is 5.10 Å². The topological polar surface area (TPSA) is 135 Å². The van der Waals surface area contributed by atoms with Gasteiger partial charge in [-0.15, -0.1) is 11.3 Å². The number of esters is 1. The summed E-state index contributed by atoms with van der Waals surface area (Å²) in [5.41, 5.74) is 3.52. The van der Waals surface area contributed by atoms with E-state index in [1.54, 1.807) is 42.5 Å². The van der Waals surface area contributed by atoms with Crippen molar-refractivity contribution < 1.29 is 28.7 Å². The Bertz CT molecular complexity index is 1910. The third-order valence-electron chi connectivity index (χ3n) is 6.15. The number of para-hydroxylation sites is 2. The number of anilines is 2. The van der Waals surface area contributed by atoms with E-state index in [4.69, 9.17) is 21.1 Å². The number of hydrogen-bond donors (Lipinski definition) is 3. The standard InChI is InChI=1S/C32H23ClN4O6S/c1-42-25-17-19(15-16-24(25)43-32(41)28-27(33)22-12-6-8-14-26(22)44-28)18-34-37-31(40)30(39)36-23-13-7-5-11-21(23)29(38)35-20-9-3-2-4-10-20/h2-18H,1H3,(H,35,38)(H,36,39)(H,37,40). The lowest BCUT2D eigenvalue weighted by molar-refractivity contribution is -0.136. The number of amides is 3. The van der Waals surface area contributed by atoms with Crippen molar-refractivity contribution in [2.45, 2.75) is 0 Å². The van der Waals surface area contributed by atoms with E-state index in [0.29, 0.717) is 16.3 Å². The average molecular weight is 627 g/mol. The molecule has 0 fully saturated rings. The van der Waals surface area contributed by atoms with Gasteiger partial charge in [0, 0.05) is 15.8 Å². The molecule has 0 saturated heterocycles. The molecule has 0 aliphatic heterocycles. The van der Waals surface area contributed by atoms with E-state index in [1.807, 2.05) is 30.3 Å². The van der Waals surface area contributed by atoms with Crippen LogP contribution in [0.4, 0.5) is 11.4 Å². The van der Waals surface area contributed by atoms with Gasteiger partial charge in [0.1, 0.15) is 4.88 Å². The van der Waals surface area contributed by atoms with Gasteiger partial charge in [0.05, 0.1) is 29.6 Å². The second-order valence-electron chi connectivity index (χ2n) is 9.06. The number of fused-ring (bicyclic) bond motifs is 1. The van der Waals surface area contributed by atoms with Gasteiger partial charge in [-0.25, -0.2) is 10.2 Å². The van der Waals surface area contributed by atoms with Crippen LogP contribution in [0.3, 0.4) is 0 Å². The van der Waals surface area contributed by atoms with Crippen LogP contribution in [0, 0.1) is 0 Å². The summed E-state index contributed by atoms with van der Waals surface area (Å²) in [6.07, 6.45) is 1.28. The number of carbonyl (C=O) groups excluding carboxylic acids is 4. The lowest BCUT2D eigenvalue weighted by Crippen LogP contribution is -2.33. The van der Waals surface area contributed by atoms with Crippen LogP contribution >= 0.6 is 22.9 Å². The maximum absolute atomic E-state index is 12.9. The van der Waals surface area contributed by atoms with Gasteiger partial charge in [-0.1, -0.05) is 60.1 Å². The molecule has 5 rings (SSSR count). The molecule has 44 heavy (non-hydrogen) atoms. The molecule has 0 spiro atoms. The molecule has 10 nitrogen and oxygen atoms in total. The molecule has 220 valence electrons. The second kappa shape index (κ2) is 13.6. The van der Waals surface area contributed by atoms with Crippen molar-refractivity contribution in [2.75, 3.05) is 17.7 Å². The number of halogens is 1.